The Bertz CT molecular complexity index is 1140. The molecule has 0 saturated heterocycles. The highest BCUT2D eigenvalue weighted by Gasteiger charge is 2.06. The number of pyridine rings is 1. The van der Waals surface area contributed by atoms with Gasteiger partial charge in [0, 0.05) is 30.9 Å². The highest BCUT2D eigenvalue weighted by Crippen LogP contribution is 2.23. The molecule has 2 aromatic carbocycles. The summed E-state index contributed by atoms with van der Waals surface area (Å²) in [4.78, 5) is 16.6. The van der Waals surface area contributed by atoms with E-state index in [0.717, 1.165) is 22.3 Å². The molecule has 0 spiro atoms. The Kier molecular flexibility index (Phi) is 6.69. The summed E-state index contributed by atoms with van der Waals surface area (Å²) < 4.78 is 18.8. The molecule has 1 N–H and O–H groups in total. The first-order chi connectivity index (χ1) is 15.2. The van der Waals surface area contributed by atoms with Crippen molar-refractivity contribution in [3.63, 3.8) is 0 Å². The number of rotatable bonds is 8. The maximum Gasteiger partial charge on any atom is 0.220 e. The van der Waals surface area contributed by atoms with Crippen LogP contribution in [0.3, 0.4) is 0 Å². The van der Waals surface area contributed by atoms with Crippen LogP contribution in [-0.4, -0.2) is 10.9 Å². The number of hydrogen-bond acceptors (Lipinski definition) is 4. The lowest BCUT2D eigenvalue weighted by Crippen LogP contribution is -2.23. The standard InChI is InChI=1S/C25H21FN2O2S/c26-22-5-7-23(8-6-22)30-24-3-1-2-18(13-24)4-9-25(29)28-15-19-12-21(16-27-14-19)20-10-11-31-17-20/h1-3,5-8,10-14,16-17H,4,9,15H2,(H,28,29). The smallest absolute Gasteiger partial charge is 0.220 e. The van der Waals surface area contributed by atoms with E-state index in [1.165, 1.54) is 12.1 Å². The normalized spacial score (nSPS) is 10.6. The van der Waals surface area contributed by atoms with E-state index in [4.69, 9.17) is 4.74 Å². The zero-order valence-corrected chi connectivity index (χ0v) is 17.6. The average Bonchev–Trinajstić information content (AvgIpc) is 3.33. The van der Waals surface area contributed by atoms with Crippen molar-refractivity contribution >= 4 is 17.2 Å². The molecule has 4 rings (SSSR count). The Labute approximate surface area is 184 Å². The summed E-state index contributed by atoms with van der Waals surface area (Å²) in [6, 6.07) is 17.5. The number of aryl methyl sites for hydroxylation is 1. The predicted molar refractivity (Wildman–Crippen MR) is 121 cm³/mol. The monoisotopic (exact) mass is 432 g/mol. The molecule has 0 aliphatic heterocycles. The minimum Gasteiger partial charge on any atom is -0.457 e. The Balaban J connectivity index is 1.28. The molecule has 31 heavy (non-hydrogen) atoms. The summed E-state index contributed by atoms with van der Waals surface area (Å²) in [7, 11) is 0. The second-order valence-corrected chi connectivity index (χ2v) is 7.85. The van der Waals surface area contributed by atoms with E-state index in [-0.39, 0.29) is 11.7 Å². The van der Waals surface area contributed by atoms with E-state index >= 15 is 0 Å². The number of nitrogens with zero attached hydrogens (tertiary/aromatic N) is 1. The largest absolute Gasteiger partial charge is 0.457 e. The Morgan fingerprint density at radius 3 is 2.65 bits per heavy atom. The van der Waals surface area contributed by atoms with Crippen LogP contribution in [0.1, 0.15) is 17.5 Å². The van der Waals surface area contributed by atoms with Crippen LogP contribution in [0.5, 0.6) is 11.5 Å². The van der Waals surface area contributed by atoms with Gasteiger partial charge in [0.25, 0.3) is 0 Å². The fraction of sp³-hybridized carbons (Fsp3) is 0.120. The van der Waals surface area contributed by atoms with E-state index in [0.29, 0.717) is 30.9 Å². The number of ether oxygens (including phenoxy) is 1. The fourth-order valence-corrected chi connectivity index (χ4v) is 3.79. The van der Waals surface area contributed by atoms with Crippen LogP contribution in [0.2, 0.25) is 0 Å². The van der Waals surface area contributed by atoms with Crippen molar-refractivity contribution < 1.29 is 13.9 Å². The lowest BCUT2D eigenvalue weighted by atomic mass is 10.1. The topological polar surface area (TPSA) is 51.2 Å². The maximum atomic E-state index is 13.0. The van der Waals surface area contributed by atoms with Gasteiger partial charge in [0.15, 0.2) is 0 Å². The third-order valence-corrected chi connectivity index (χ3v) is 5.41. The molecule has 2 heterocycles. The van der Waals surface area contributed by atoms with Crippen LogP contribution in [0.4, 0.5) is 4.39 Å². The Morgan fingerprint density at radius 1 is 0.968 bits per heavy atom. The minimum atomic E-state index is -0.305. The highest BCUT2D eigenvalue weighted by molar-refractivity contribution is 7.08. The van der Waals surface area contributed by atoms with Crippen molar-refractivity contribution in [2.45, 2.75) is 19.4 Å². The summed E-state index contributed by atoms with van der Waals surface area (Å²) in [5.74, 6) is 0.891. The van der Waals surface area contributed by atoms with Crippen molar-refractivity contribution in [3.05, 3.63) is 101 Å². The number of aromatic nitrogens is 1. The lowest BCUT2D eigenvalue weighted by Gasteiger charge is -2.09. The van der Waals surface area contributed by atoms with Crippen molar-refractivity contribution in [3.8, 4) is 22.6 Å². The number of thiophene rings is 1. The lowest BCUT2D eigenvalue weighted by molar-refractivity contribution is -0.121. The van der Waals surface area contributed by atoms with Gasteiger partial charge in [-0.15, -0.1) is 0 Å². The molecule has 6 heteroatoms. The van der Waals surface area contributed by atoms with E-state index in [1.807, 2.05) is 41.9 Å². The van der Waals surface area contributed by atoms with Crippen LogP contribution in [0.15, 0.2) is 83.8 Å². The molecule has 0 atom stereocenters. The SMILES string of the molecule is O=C(CCc1cccc(Oc2ccc(F)cc2)c1)NCc1cncc(-c2ccsc2)c1. The van der Waals surface area contributed by atoms with E-state index in [9.17, 15) is 9.18 Å². The quantitative estimate of drug-likeness (QED) is 0.372. The van der Waals surface area contributed by atoms with Crippen LogP contribution in [0.25, 0.3) is 11.1 Å². The van der Waals surface area contributed by atoms with Gasteiger partial charge in [0.05, 0.1) is 0 Å². The van der Waals surface area contributed by atoms with E-state index in [2.05, 4.69) is 21.7 Å². The molecule has 0 aliphatic rings. The predicted octanol–water partition coefficient (Wildman–Crippen LogP) is 5.99. The van der Waals surface area contributed by atoms with Crippen LogP contribution >= 0.6 is 11.3 Å². The van der Waals surface area contributed by atoms with Crippen molar-refractivity contribution in [1.82, 2.24) is 10.3 Å². The maximum absolute atomic E-state index is 13.0. The zero-order chi connectivity index (χ0) is 21.5. The second-order valence-electron chi connectivity index (χ2n) is 7.07. The summed E-state index contributed by atoms with van der Waals surface area (Å²) in [5.41, 5.74) is 4.14. The summed E-state index contributed by atoms with van der Waals surface area (Å²) in [5, 5.41) is 7.07. The number of carbonyl (C=O) groups is 1. The summed E-state index contributed by atoms with van der Waals surface area (Å²) in [6.45, 7) is 0.442. The molecule has 4 nitrogen and oxygen atoms in total. The van der Waals surface area contributed by atoms with Gasteiger partial charge in [-0.3, -0.25) is 9.78 Å². The van der Waals surface area contributed by atoms with Gasteiger partial charge in [-0.05, 0) is 82.4 Å². The molecule has 4 aromatic rings. The molecule has 0 bridgehead atoms. The number of benzene rings is 2. The zero-order valence-electron chi connectivity index (χ0n) is 16.8. The van der Waals surface area contributed by atoms with Gasteiger partial charge >= 0.3 is 0 Å². The number of halogens is 1. The molecular weight excluding hydrogens is 411 g/mol. The van der Waals surface area contributed by atoms with Gasteiger partial charge < -0.3 is 10.1 Å². The number of amides is 1. The molecule has 2 aromatic heterocycles. The van der Waals surface area contributed by atoms with Crippen molar-refractivity contribution in [2.75, 3.05) is 0 Å². The molecule has 1 amide bonds. The molecule has 0 aliphatic carbocycles. The van der Waals surface area contributed by atoms with Crippen LogP contribution < -0.4 is 10.1 Å². The molecule has 0 fully saturated rings. The first-order valence-corrected chi connectivity index (χ1v) is 10.9. The van der Waals surface area contributed by atoms with Gasteiger partial charge in [-0.1, -0.05) is 12.1 Å². The first kappa shape index (κ1) is 20.8. The molecule has 0 radical (unpaired) electrons. The van der Waals surface area contributed by atoms with Crippen LogP contribution in [-0.2, 0) is 17.8 Å². The first-order valence-electron chi connectivity index (χ1n) is 9.91. The molecule has 0 unspecified atom stereocenters. The Morgan fingerprint density at radius 2 is 1.84 bits per heavy atom. The number of nitrogens with one attached hydrogen (secondary N) is 1. The van der Waals surface area contributed by atoms with Crippen molar-refractivity contribution in [1.29, 1.82) is 0 Å². The van der Waals surface area contributed by atoms with E-state index in [1.54, 1.807) is 29.7 Å². The van der Waals surface area contributed by atoms with Crippen molar-refractivity contribution in [2.24, 2.45) is 0 Å². The van der Waals surface area contributed by atoms with E-state index < -0.39 is 0 Å². The molecular formula is C25H21FN2O2S. The summed E-state index contributed by atoms with van der Waals surface area (Å²) >= 11 is 1.64. The highest BCUT2D eigenvalue weighted by atomic mass is 32.1. The third kappa shape index (κ3) is 5.99. The summed E-state index contributed by atoms with van der Waals surface area (Å²) in [6.07, 6.45) is 4.57. The van der Waals surface area contributed by atoms with Gasteiger partial charge in [-0.2, -0.15) is 11.3 Å². The molecule has 0 saturated carbocycles. The minimum absolute atomic E-state index is 0.0224. The van der Waals surface area contributed by atoms with Crippen LogP contribution in [0, 0.1) is 5.82 Å². The molecule has 156 valence electrons. The Hall–Kier alpha value is -3.51. The van der Waals surface area contributed by atoms with Gasteiger partial charge in [-0.25, -0.2) is 4.39 Å². The number of hydrogen-bond donors (Lipinski definition) is 1. The fourth-order valence-electron chi connectivity index (χ4n) is 3.12. The average molecular weight is 433 g/mol. The second kappa shape index (κ2) is 10.00. The number of carbonyl (C=O) groups excluding carboxylic acids is 1. The van der Waals surface area contributed by atoms with Gasteiger partial charge in [0.2, 0.25) is 5.91 Å². The van der Waals surface area contributed by atoms with Gasteiger partial charge in [0.1, 0.15) is 17.3 Å². The third-order valence-electron chi connectivity index (χ3n) is 4.73.